The van der Waals surface area contributed by atoms with Gasteiger partial charge in [-0.3, -0.25) is 4.79 Å². The zero-order valence-electron chi connectivity index (χ0n) is 18.2. The first-order chi connectivity index (χ1) is 14.9. The van der Waals surface area contributed by atoms with E-state index in [1.165, 1.54) is 0 Å². The van der Waals surface area contributed by atoms with Gasteiger partial charge in [0.05, 0.1) is 6.10 Å². The molecule has 0 aromatic heterocycles. The molecule has 3 N–H and O–H groups in total. The molecule has 5 atom stereocenters. The minimum Gasteiger partial charge on any atom is -0.482 e. The molecule has 1 aromatic rings. The molecule has 0 radical (unpaired) electrons. The normalized spacial score (nSPS) is 25.4. The largest absolute Gasteiger partial charge is 0.482 e. The molecule has 3 rings (SSSR count). The number of esters is 1. The molecule has 31 heavy (non-hydrogen) atoms. The number of aliphatic hydroxyl groups excluding tert-OH is 2. The third-order valence-electron chi connectivity index (χ3n) is 6.80. The van der Waals surface area contributed by atoms with E-state index in [1.807, 2.05) is 19.1 Å². The SMILES string of the molecule is CC[C@H](O)CC[C@@H]1[C@H]2Cc3cccc(OCC(=O)O)c3C[C@H]2C[C@H]1OC(=O)CCCO. The third kappa shape index (κ3) is 5.98. The predicted octanol–water partition coefficient (Wildman–Crippen LogP) is 2.74. The van der Waals surface area contributed by atoms with Crippen molar-refractivity contribution >= 4 is 11.9 Å². The molecule has 0 unspecified atom stereocenters. The second kappa shape index (κ2) is 11.0. The summed E-state index contributed by atoms with van der Waals surface area (Å²) in [5.74, 6) is 0.197. The van der Waals surface area contributed by atoms with Crippen LogP contribution in [0.2, 0.25) is 0 Å². The number of carbonyl (C=O) groups excluding carboxylic acids is 1. The van der Waals surface area contributed by atoms with E-state index in [9.17, 15) is 14.7 Å². The van der Waals surface area contributed by atoms with Crippen molar-refractivity contribution in [1.82, 2.24) is 0 Å². The van der Waals surface area contributed by atoms with Crippen molar-refractivity contribution in [3.8, 4) is 5.75 Å². The van der Waals surface area contributed by atoms with Gasteiger partial charge < -0.3 is 24.8 Å². The Morgan fingerprint density at radius 1 is 1.26 bits per heavy atom. The number of hydrogen-bond donors (Lipinski definition) is 3. The summed E-state index contributed by atoms with van der Waals surface area (Å²) in [6.07, 6.45) is 4.62. The number of carbonyl (C=O) groups is 2. The molecule has 1 saturated carbocycles. The summed E-state index contributed by atoms with van der Waals surface area (Å²) in [6, 6.07) is 5.78. The highest BCUT2D eigenvalue weighted by Crippen LogP contribution is 2.49. The number of aliphatic hydroxyl groups is 2. The minimum absolute atomic E-state index is 0.0361. The van der Waals surface area contributed by atoms with Crippen LogP contribution in [-0.4, -0.2) is 52.7 Å². The van der Waals surface area contributed by atoms with Crippen molar-refractivity contribution in [2.45, 2.75) is 70.5 Å². The van der Waals surface area contributed by atoms with E-state index in [4.69, 9.17) is 19.7 Å². The van der Waals surface area contributed by atoms with Crippen molar-refractivity contribution in [3.05, 3.63) is 29.3 Å². The fraction of sp³-hybridized carbons (Fsp3) is 0.667. The lowest BCUT2D eigenvalue weighted by Crippen LogP contribution is -2.29. The molecular weight excluding hydrogens is 400 g/mol. The molecule has 1 fully saturated rings. The Hall–Kier alpha value is -2.12. The number of carboxylic acid groups (broad SMARTS) is 1. The molecular formula is C24H34O7. The Bertz CT molecular complexity index is 762. The van der Waals surface area contributed by atoms with Crippen LogP contribution < -0.4 is 4.74 Å². The molecule has 172 valence electrons. The van der Waals surface area contributed by atoms with E-state index < -0.39 is 5.97 Å². The second-order valence-corrected chi connectivity index (χ2v) is 8.80. The number of benzene rings is 1. The maximum Gasteiger partial charge on any atom is 0.341 e. The Kier molecular flexibility index (Phi) is 8.32. The van der Waals surface area contributed by atoms with E-state index in [-0.39, 0.29) is 43.7 Å². The fourth-order valence-electron chi connectivity index (χ4n) is 5.23. The van der Waals surface area contributed by atoms with Crippen molar-refractivity contribution in [2.75, 3.05) is 13.2 Å². The molecule has 0 heterocycles. The van der Waals surface area contributed by atoms with Gasteiger partial charge in [0.1, 0.15) is 11.9 Å². The monoisotopic (exact) mass is 434 g/mol. The lowest BCUT2D eigenvalue weighted by atomic mass is 9.73. The zero-order chi connectivity index (χ0) is 22.4. The smallest absolute Gasteiger partial charge is 0.341 e. The summed E-state index contributed by atoms with van der Waals surface area (Å²) in [7, 11) is 0. The minimum atomic E-state index is -1.00. The highest BCUT2D eigenvalue weighted by atomic mass is 16.5. The van der Waals surface area contributed by atoms with E-state index in [0.29, 0.717) is 36.8 Å². The van der Waals surface area contributed by atoms with E-state index in [0.717, 1.165) is 36.8 Å². The second-order valence-electron chi connectivity index (χ2n) is 8.80. The van der Waals surface area contributed by atoms with Crippen molar-refractivity contribution in [2.24, 2.45) is 17.8 Å². The maximum absolute atomic E-state index is 12.3. The molecule has 2 aliphatic carbocycles. The summed E-state index contributed by atoms with van der Waals surface area (Å²) in [4.78, 5) is 23.2. The molecule has 1 aromatic carbocycles. The van der Waals surface area contributed by atoms with Crippen molar-refractivity contribution in [3.63, 3.8) is 0 Å². The summed E-state index contributed by atoms with van der Waals surface area (Å²) >= 11 is 0. The van der Waals surface area contributed by atoms with Crippen molar-refractivity contribution in [1.29, 1.82) is 0 Å². The standard InChI is InChI=1S/C24H34O7/c1-2-17(26)8-9-18-19-11-15-5-3-6-21(30-14-23(27)28)20(15)12-16(19)13-22(18)31-24(29)7-4-10-25/h3,5-6,16-19,22,25-26H,2,4,7-14H2,1H3,(H,27,28)/t16-,17-,18+,19-,22+/m0/s1. The number of ether oxygens (including phenoxy) is 2. The summed E-state index contributed by atoms with van der Waals surface area (Å²) in [6.45, 7) is 1.56. The van der Waals surface area contributed by atoms with Crippen LogP contribution in [0.15, 0.2) is 18.2 Å². The van der Waals surface area contributed by atoms with Crippen LogP contribution in [0.25, 0.3) is 0 Å². The van der Waals surface area contributed by atoms with E-state index in [1.54, 1.807) is 0 Å². The number of aliphatic carboxylic acids is 1. The first-order valence-electron chi connectivity index (χ1n) is 11.4. The van der Waals surface area contributed by atoms with Gasteiger partial charge in [-0.05, 0) is 79.9 Å². The highest BCUT2D eigenvalue weighted by Gasteiger charge is 2.47. The number of carboxylic acids is 1. The van der Waals surface area contributed by atoms with Gasteiger partial charge >= 0.3 is 11.9 Å². The highest BCUT2D eigenvalue weighted by molar-refractivity contribution is 5.69. The van der Waals surface area contributed by atoms with Gasteiger partial charge in [0.25, 0.3) is 0 Å². The molecule has 0 bridgehead atoms. The van der Waals surface area contributed by atoms with Gasteiger partial charge in [-0.1, -0.05) is 19.1 Å². The molecule has 0 spiro atoms. The fourth-order valence-corrected chi connectivity index (χ4v) is 5.23. The van der Waals surface area contributed by atoms with Crippen LogP contribution in [0.3, 0.4) is 0 Å². The molecule has 0 saturated heterocycles. The van der Waals surface area contributed by atoms with Gasteiger partial charge in [-0.15, -0.1) is 0 Å². The van der Waals surface area contributed by atoms with Gasteiger partial charge in [-0.2, -0.15) is 0 Å². The molecule has 0 amide bonds. The molecule has 0 aliphatic heterocycles. The molecule has 7 heteroatoms. The summed E-state index contributed by atoms with van der Waals surface area (Å²) < 4.78 is 11.4. The van der Waals surface area contributed by atoms with Gasteiger partial charge in [-0.25, -0.2) is 4.79 Å². The lowest BCUT2D eigenvalue weighted by Gasteiger charge is -2.32. The predicted molar refractivity (Wildman–Crippen MR) is 114 cm³/mol. The number of fused-ring (bicyclic) bond motifs is 2. The quantitative estimate of drug-likeness (QED) is 0.459. The summed E-state index contributed by atoms with van der Waals surface area (Å²) in [5, 5.41) is 28.0. The van der Waals surface area contributed by atoms with Gasteiger partial charge in [0, 0.05) is 13.0 Å². The van der Waals surface area contributed by atoms with Crippen LogP contribution in [-0.2, 0) is 27.2 Å². The number of rotatable bonds is 11. The number of hydrogen-bond acceptors (Lipinski definition) is 6. The topological polar surface area (TPSA) is 113 Å². The average Bonchev–Trinajstić information content (AvgIpc) is 3.08. The van der Waals surface area contributed by atoms with Crippen LogP contribution >= 0.6 is 0 Å². The Morgan fingerprint density at radius 3 is 2.77 bits per heavy atom. The molecule has 7 nitrogen and oxygen atoms in total. The van der Waals surface area contributed by atoms with Crippen molar-refractivity contribution < 1.29 is 34.4 Å². The lowest BCUT2D eigenvalue weighted by molar-refractivity contribution is -0.151. The van der Waals surface area contributed by atoms with E-state index in [2.05, 4.69) is 6.07 Å². The maximum atomic E-state index is 12.3. The Labute approximate surface area is 183 Å². The van der Waals surface area contributed by atoms with Gasteiger partial charge in [0.15, 0.2) is 6.61 Å². The Balaban J connectivity index is 1.76. The third-order valence-corrected chi connectivity index (χ3v) is 6.80. The average molecular weight is 435 g/mol. The van der Waals surface area contributed by atoms with E-state index >= 15 is 0 Å². The van der Waals surface area contributed by atoms with Crippen LogP contribution in [0, 0.1) is 17.8 Å². The van der Waals surface area contributed by atoms with Crippen LogP contribution in [0.1, 0.15) is 56.6 Å². The molecule has 2 aliphatic rings. The zero-order valence-corrected chi connectivity index (χ0v) is 18.2. The first-order valence-corrected chi connectivity index (χ1v) is 11.4. The Morgan fingerprint density at radius 2 is 2.06 bits per heavy atom. The van der Waals surface area contributed by atoms with Gasteiger partial charge in [0.2, 0.25) is 0 Å². The first kappa shape index (κ1) is 23.5. The van der Waals surface area contributed by atoms with Crippen LogP contribution in [0.4, 0.5) is 0 Å². The van der Waals surface area contributed by atoms with Crippen LogP contribution in [0.5, 0.6) is 5.75 Å². The summed E-state index contributed by atoms with van der Waals surface area (Å²) in [5.41, 5.74) is 2.22.